The van der Waals surface area contributed by atoms with Crippen LogP contribution in [0.25, 0.3) is 0 Å². The van der Waals surface area contributed by atoms with Crippen molar-refractivity contribution in [3.63, 3.8) is 0 Å². The topological polar surface area (TPSA) is 19.8 Å². The summed E-state index contributed by atoms with van der Waals surface area (Å²) in [7, 11) is 4.02. The van der Waals surface area contributed by atoms with Crippen molar-refractivity contribution in [2.24, 2.45) is 14.1 Å². The van der Waals surface area contributed by atoms with Gasteiger partial charge in [-0.25, -0.2) is 14.5 Å². The molecule has 0 unspecified atom stereocenters. The molecule has 2 aromatic rings. The van der Waals surface area contributed by atoms with Crippen LogP contribution in [0.15, 0.2) is 47.3 Å². The highest BCUT2D eigenvalue weighted by molar-refractivity contribution is 9.10. The molecule has 3 nitrogen and oxygen atoms in total. The molecule has 0 saturated carbocycles. The number of rotatable bonds is 2. The molecule has 0 radical (unpaired) electrons. The van der Waals surface area contributed by atoms with Gasteiger partial charge in [0.15, 0.2) is 11.9 Å². The van der Waals surface area contributed by atoms with Crippen molar-refractivity contribution in [1.82, 2.24) is 0 Å². The first kappa shape index (κ1) is 11.1. The lowest BCUT2D eigenvalue weighted by molar-refractivity contribution is -0.671. The Morgan fingerprint density at radius 1 is 1.12 bits per heavy atom. The molecule has 2 rings (SSSR count). The Hall–Kier alpha value is -1.42. The first-order valence-electron chi connectivity index (χ1n) is 5.03. The highest BCUT2D eigenvalue weighted by Gasteiger charge is 2.12. The minimum Gasteiger partial charge on any atom is -0.236 e. The summed E-state index contributed by atoms with van der Waals surface area (Å²) in [4.78, 5) is 0. The van der Waals surface area contributed by atoms with Crippen LogP contribution in [0.2, 0.25) is 0 Å². The second-order valence-electron chi connectivity index (χ2n) is 3.70. The number of halogens is 1. The van der Waals surface area contributed by atoms with Crippen LogP contribution in [0.3, 0.4) is 0 Å². The van der Waals surface area contributed by atoms with Crippen LogP contribution in [0, 0.1) is 0 Å². The Balaban J connectivity index is 2.34. The van der Waals surface area contributed by atoms with E-state index in [-0.39, 0.29) is 0 Å². The average Bonchev–Trinajstić information content (AvgIpc) is 2.24. The van der Waals surface area contributed by atoms with Gasteiger partial charge in [-0.2, -0.15) is 0 Å². The minimum absolute atomic E-state index is 1.04. The fraction of sp³-hybridized carbons (Fsp3) is 0.167. The van der Waals surface area contributed by atoms with Crippen LogP contribution < -0.4 is 14.5 Å². The first-order chi connectivity index (χ1) is 7.66. The molecular formula is C12H14BrN3+2. The van der Waals surface area contributed by atoms with Crippen LogP contribution in [0.5, 0.6) is 0 Å². The van der Waals surface area contributed by atoms with Crippen molar-refractivity contribution in [1.29, 1.82) is 0 Å². The Morgan fingerprint density at radius 3 is 2.56 bits per heavy atom. The van der Waals surface area contributed by atoms with Crippen LogP contribution in [0.1, 0.15) is 0 Å². The number of nitrogens with one attached hydrogen (secondary N) is 1. The van der Waals surface area contributed by atoms with E-state index in [1.54, 1.807) is 0 Å². The molecule has 2 heterocycles. The van der Waals surface area contributed by atoms with Gasteiger partial charge in [0.25, 0.3) is 5.82 Å². The molecular weight excluding hydrogens is 266 g/mol. The highest BCUT2D eigenvalue weighted by atomic mass is 79.9. The summed E-state index contributed by atoms with van der Waals surface area (Å²) in [5.41, 5.74) is 1.06. The molecule has 0 bridgehead atoms. The van der Waals surface area contributed by atoms with E-state index in [2.05, 4.69) is 21.2 Å². The van der Waals surface area contributed by atoms with E-state index >= 15 is 0 Å². The third kappa shape index (κ3) is 2.39. The van der Waals surface area contributed by atoms with Gasteiger partial charge in [-0.3, -0.25) is 0 Å². The van der Waals surface area contributed by atoms with Crippen molar-refractivity contribution in [3.05, 3.63) is 47.3 Å². The molecule has 0 aliphatic rings. The Labute approximate surface area is 103 Å². The summed E-state index contributed by atoms with van der Waals surface area (Å²) >= 11 is 3.53. The van der Waals surface area contributed by atoms with E-state index in [1.807, 2.05) is 66.1 Å². The third-order valence-electron chi connectivity index (χ3n) is 2.33. The van der Waals surface area contributed by atoms with E-state index in [1.165, 1.54) is 0 Å². The largest absolute Gasteiger partial charge is 0.293 e. The Bertz CT molecular complexity index is 491. The van der Waals surface area contributed by atoms with Crippen LogP contribution in [-0.2, 0) is 14.1 Å². The summed E-state index contributed by atoms with van der Waals surface area (Å²) in [5, 5.41) is 3.38. The number of hydrogen-bond donors (Lipinski definition) is 1. The van der Waals surface area contributed by atoms with Crippen molar-refractivity contribution in [3.8, 4) is 0 Å². The zero-order valence-electron chi connectivity index (χ0n) is 9.31. The molecule has 0 amide bonds. The van der Waals surface area contributed by atoms with Gasteiger partial charge in [-0.1, -0.05) is 0 Å². The lowest BCUT2D eigenvalue weighted by Gasteiger charge is -2.03. The maximum absolute atomic E-state index is 3.53. The molecule has 0 aromatic carbocycles. The van der Waals surface area contributed by atoms with E-state index in [0.29, 0.717) is 0 Å². The predicted octanol–water partition coefficient (Wildman–Crippen LogP) is 1.84. The number of pyridine rings is 2. The number of aryl methyl sites for hydroxylation is 2. The number of nitrogens with zero attached hydrogens (tertiary/aromatic N) is 2. The van der Waals surface area contributed by atoms with Crippen molar-refractivity contribution >= 4 is 27.4 Å². The lowest BCUT2D eigenvalue weighted by Crippen LogP contribution is -2.32. The molecule has 0 aliphatic carbocycles. The van der Waals surface area contributed by atoms with Crippen molar-refractivity contribution in [2.75, 3.05) is 5.32 Å². The molecule has 0 atom stereocenters. The number of hydrogen-bond acceptors (Lipinski definition) is 1. The van der Waals surface area contributed by atoms with Gasteiger partial charge in [0, 0.05) is 6.07 Å². The van der Waals surface area contributed by atoms with E-state index in [4.69, 9.17) is 0 Å². The number of aromatic nitrogens is 2. The first-order valence-corrected chi connectivity index (χ1v) is 5.82. The normalized spacial score (nSPS) is 10.2. The molecule has 82 valence electrons. The third-order valence-corrected chi connectivity index (χ3v) is 2.97. The summed E-state index contributed by atoms with van der Waals surface area (Å²) in [6.07, 6.45) is 6.06. The van der Waals surface area contributed by atoms with Crippen LogP contribution >= 0.6 is 15.9 Å². The van der Waals surface area contributed by atoms with E-state index in [9.17, 15) is 0 Å². The highest BCUT2D eigenvalue weighted by Crippen LogP contribution is 2.20. The molecule has 0 saturated heterocycles. The zero-order valence-corrected chi connectivity index (χ0v) is 10.9. The molecule has 4 heteroatoms. The molecule has 0 fully saturated rings. The van der Waals surface area contributed by atoms with Gasteiger partial charge >= 0.3 is 0 Å². The monoisotopic (exact) mass is 279 g/mol. The predicted molar refractivity (Wildman–Crippen MR) is 66.2 cm³/mol. The molecule has 1 N–H and O–H groups in total. The van der Waals surface area contributed by atoms with Crippen molar-refractivity contribution < 1.29 is 9.13 Å². The van der Waals surface area contributed by atoms with Crippen LogP contribution in [0.4, 0.5) is 11.5 Å². The molecule has 0 aliphatic heterocycles. The van der Waals surface area contributed by atoms with Gasteiger partial charge in [-0.05, 0) is 34.1 Å². The van der Waals surface area contributed by atoms with Gasteiger partial charge in [0.2, 0.25) is 6.20 Å². The number of anilines is 2. The van der Waals surface area contributed by atoms with E-state index in [0.717, 1.165) is 16.0 Å². The molecule has 2 aromatic heterocycles. The maximum atomic E-state index is 3.53. The zero-order chi connectivity index (χ0) is 11.5. The molecule has 16 heavy (non-hydrogen) atoms. The second kappa shape index (κ2) is 4.61. The van der Waals surface area contributed by atoms with Gasteiger partial charge < -0.3 is 0 Å². The standard InChI is InChI=1S/C12H13BrN3/c1-15-7-3-5-10(9-15)14-12-11(13)6-4-8-16(12)2/h3-9H,1-2H3/q+1/p+1. The summed E-state index contributed by atoms with van der Waals surface area (Å²) in [6, 6.07) is 8.07. The van der Waals surface area contributed by atoms with Gasteiger partial charge in [0.05, 0.1) is 13.2 Å². The Morgan fingerprint density at radius 2 is 1.88 bits per heavy atom. The van der Waals surface area contributed by atoms with Crippen molar-refractivity contribution in [2.45, 2.75) is 0 Å². The quantitative estimate of drug-likeness (QED) is 0.832. The summed E-state index contributed by atoms with van der Waals surface area (Å²) < 4.78 is 5.10. The van der Waals surface area contributed by atoms with Gasteiger partial charge in [-0.15, -0.1) is 0 Å². The minimum atomic E-state index is 1.04. The maximum Gasteiger partial charge on any atom is 0.293 e. The smallest absolute Gasteiger partial charge is 0.236 e. The molecule has 0 spiro atoms. The Kier molecular flexibility index (Phi) is 3.19. The second-order valence-corrected chi connectivity index (χ2v) is 4.55. The van der Waals surface area contributed by atoms with Crippen LogP contribution in [-0.4, -0.2) is 0 Å². The SMILES string of the molecule is C[n+]1cccc(Nc2c(Br)ccc[n+]2C)c1. The van der Waals surface area contributed by atoms with E-state index < -0.39 is 0 Å². The lowest BCUT2D eigenvalue weighted by atomic mass is 10.4. The fourth-order valence-electron chi connectivity index (χ4n) is 1.53. The fourth-order valence-corrected chi connectivity index (χ4v) is 2.06. The summed E-state index contributed by atoms with van der Waals surface area (Å²) in [5.74, 6) is 1.04. The average molecular weight is 280 g/mol. The van der Waals surface area contributed by atoms with Gasteiger partial charge in [0.1, 0.15) is 11.5 Å². The summed E-state index contributed by atoms with van der Waals surface area (Å²) in [6.45, 7) is 0.